The zero-order valence-electron chi connectivity index (χ0n) is 14.5. The van der Waals surface area contributed by atoms with E-state index in [1.54, 1.807) is 11.3 Å². The van der Waals surface area contributed by atoms with Gasteiger partial charge in [-0.3, -0.25) is 4.79 Å². The summed E-state index contributed by atoms with van der Waals surface area (Å²) in [6.07, 6.45) is 1.85. The molecular formula is C17H22BrN5OS. The SMILES string of the molecule is CCNC(=NCC(=O)Nc1cc(Br)ccc1C)NCc1ncc(C)s1. The van der Waals surface area contributed by atoms with Crippen LogP contribution in [0.3, 0.4) is 0 Å². The zero-order valence-corrected chi connectivity index (χ0v) is 16.9. The minimum absolute atomic E-state index is 0.0399. The molecule has 6 nitrogen and oxygen atoms in total. The molecule has 0 spiro atoms. The molecule has 1 amide bonds. The number of nitrogens with zero attached hydrogens (tertiary/aromatic N) is 2. The number of rotatable bonds is 6. The Hall–Kier alpha value is -1.93. The Morgan fingerprint density at radius 2 is 2.12 bits per heavy atom. The summed E-state index contributed by atoms with van der Waals surface area (Å²) < 4.78 is 0.922. The topological polar surface area (TPSA) is 78.4 Å². The highest BCUT2D eigenvalue weighted by atomic mass is 79.9. The molecule has 0 aliphatic heterocycles. The molecule has 0 saturated heterocycles. The average Bonchev–Trinajstić information content (AvgIpc) is 2.99. The van der Waals surface area contributed by atoms with E-state index < -0.39 is 0 Å². The number of anilines is 1. The Kier molecular flexibility index (Phi) is 7.39. The number of benzene rings is 1. The average molecular weight is 424 g/mol. The molecule has 0 fully saturated rings. The van der Waals surface area contributed by atoms with Gasteiger partial charge in [0.05, 0.1) is 6.54 Å². The third kappa shape index (κ3) is 6.47. The first-order valence-electron chi connectivity index (χ1n) is 7.97. The maximum atomic E-state index is 12.2. The second-order valence-electron chi connectivity index (χ2n) is 5.42. The normalized spacial score (nSPS) is 11.3. The third-order valence-corrected chi connectivity index (χ3v) is 4.68. The van der Waals surface area contributed by atoms with Crippen molar-refractivity contribution >= 4 is 44.8 Å². The zero-order chi connectivity index (χ0) is 18.2. The van der Waals surface area contributed by atoms with E-state index in [2.05, 4.69) is 41.9 Å². The molecule has 134 valence electrons. The van der Waals surface area contributed by atoms with Gasteiger partial charge in [-0.15, -0.1) is 11.3 Å². The number of hydrogen-bond acceptors (Lipinski definition) is 4. The fourth-order valence-electron chi connectivity index (χ4n) is 2.05. The molecule has 8 heteroatoms. The fourth-order valence-corrected chi connectivity index (χ4v) is 3.14. The van der Waals surface area contributed by atoms with Gasteiger partial charge in [-0.05, 0) is 38.5 Å². The Morgan fingerprint density at radius 3 is 2.80 bits per heavy atom. The second kappa shape index (κ2) is 9.53. The van der Waals surface area contributed by atoms with E-state index in [4.69, 9.17) is 0 Å². The van der Waals surface area contributed by atoms with Crippen LogP contribution in [0.15, 0.2) is 33.9 Å². The van der Waals surface area contributed by atoms with Crippen LogP contribution in [0.1, 0.15) is 22.4 Å². The van der Waals surface area contributed by atoms with E-state index in [0.717, 1.165) is 27.3 Å². The van der Waals surface area contributed by atoms with Crippen LogP contribution in [0, 0.1) is 13.8 Å². The van der Waals surface area contributed by atoms with Crippen molar-refractivity contribution in [3.63, 3.8) is 0 Å². The van der Waals surface area contributed by atoms with Crippen LogP contribution in [-0.4, -0.2) is 29.9 Å². The van der Waals surface area contributed by atoms with Gasteiger partial charge in [-0.1, -0.05) is 22.0 Å². The summed E-state index contributed by atoms with van der Waals surface area (Å²) in [6, 6.07) is 5.77. The number of carbonyl (C=O) groups is 1. The van der Waals surface area contributed by atoms with Gasteiger partial charge in [0.2, 0.25) is 5.91 Å². The van der Waals surface area contributed by atoms with E-state index in [1.165, 1.54) is 4.88 Å². The predicted octanol–water partition coefficient (Wildman–Crippen LogP) is 3.22. The van der Waals surface area contributed by atoms with Crippen molar-refractivity contribution in [2.24, 2.45) is 4.99 Å². The van der Waals surface area contributed by atoms with Gasteiger partial charge in [0.1, 0.15) is 11.6 Å². The Balaban J connectivity index is 1.92. The van der Waals surface area contributed by atoms with Crippen LogP contribution in [-0.2, 0) is 11.3 Å². The van der Waals surface area contributed by atoms with Crippen molar-refractivity contribution in [3.05, 3.63) is 44.3 Å². The van der Waals surface area contributed by atoms with Crippen molar-refractivity contribution in [2.75, 3.05) is 18.4 Å². The van der Waals surface area contributed by atoms with E-state index in [1.807, 2.05) is 45.2 Å². The highest BCUT2D eigenvalue weighted by molar-refractivity contribution is 9.10. The largest absolute Gasteiger partial charge is 0.357 e. The quantitative estimate of drug-likeness (QED) is 0.492. The molecule has 2 aromatic rings. The summed E-state index contributed by atoms with van der Waals surface area (Å²) in [5.74, 6) is 0.431. The summed E-state index contributed by atoms with van der Waals surface area (Å²) >= 11 is 5.05. The van der Waals surface area contributed by atoms with Crippen molar-refractivity contribution in [2.45, 2.75) is 27.3 Å². The lowest BCUT2D eigenvalue weighted by atomic mass is 10.2. The lowest BCUT2D eigenvalue weighted by Gasteiger charge is -2.11. The summed E-state index contributed by atoms with van der Waals surface area (Å²) in [4.78, 5) is 22.0. The minimum Gasteiger partial charge on any atom is -0.357 e. The smallest absolute Gasteiger partial charge is 0.246 e. The van der Waals surface area contributed by atoms with E-state index in [9.17, 15) is 4.79 Å². The first-order valence-corrected chi connectivity index (χ1v) is 9.58. The van der Waals surface area contributed by atoms with Crippen molar-refractivity contribution in [1.29, 1.82) is 0 Å². The molecule has 0 radical (unpaired) electrons. The summed E-state index contributed by atoms with van der Waals surface area (Å²) in [6.45, 7) is 7.29. The van der Waals surface area contributed by atoms with E-state index >= 15 is 0 Å². The lowest BCUT2D eigenvalue weighted by Crippen LogP contribution is -2.37. The van der Waals surface area contributed by atoms with Crippen LogP contribution in [0.4, 0.5) is 5.69 Å². The molecular weight excluding hydrogens is 402 g/mol. The number of nitrogens with one attached hydrogen (secondary N) is 3. The molecule has 0 atom stereocenters. The number of hydrogen-bond donors (Lipinski definition) is 3. The van der Waals surface area contributed by atoms with E-state index in [0.29, 0.717) is 12.5 Å². The molecule has 25 heavy (non-hydrogen) atoms. The summed E-state index contributed by atoms with van der Waals surface area (Å²) in [5, 5.41) is 10.2. The highest BCUT2D eigenvalue weighted by Crippen LogP contribution is 2.20. The molecule has 0 aliphatic carbocycles. The monoisotopic (exact) mass is 423 g/mol. The molecule has 1 aromatic heterocycles. The predicted molar refractivity (Wildman–Crippen MR) is 107 cm³/mol. The van der Waals surface area contributed by atoms with Crippen LogP contribution in [0.25, 0.3) is 0 Å². The van der Waals surface area contributed by atoms with Gasteiger partial charge >= 0.3 is 0 Å². The van der Waals surface area contributed by atoms with Gasteiger partial charge in [0.15, 0.2) is 5.96 Å². The van der Waals surface area contributed by atoms with Crippen LogP contribution < -0.4 is 16.0 Å². The van der Waals surface area contributed by atoms with Gasteiger partial charge in [0, 0.05) is 27.8 Å². The maximum absolute atomic E-state index is 12.2. The Morgan fingerprint density at radius 1 is 1.32 bits per heavy atom. The van der Waals surface area contributed by atoms with Crippen LogP contribution in [0.5, 0.6) is 0 Å². The van der Waals surface area contributed by atoms with Crippen molar-refractivity contribution < 1.29 is 4.79 Å². The molecule has 0 bridgehead atoms. The number of amides is 1. The highest BCUT2D eigenvalue weighted by Gasteiger charge is 2.06. The number of aryl methyl sites for hydroxylation is 2. The standard InChI is InChI=1S/C17H22BrN5OS/c1-4-19-17(22-10-16-20-8-12(3)25-16)21-9-15(24)23-14-7-13(18)6-5-11(14)2/h5-8H,4,9-10H2,1-3H3,(H,23,24)(H2,19,21,22). The molecule has 0 aliphatic rings. The second-order valence-corrected chi connectivity index (χ2v) is 7.66. The van der Waals surface area contributed by atoms with Crippen molar-refractivity contribution in [3.8, 4) is 0 Å². The molecule has 1 aromatic carbocycles. The Labute approximate surface area is 160 Å². The Bertz CT molecular complexity index is 759. The first-order chi connectivity index (χ1) is 12.0. The fraction of sp³-hybridized carbons (Fsp3) is 0.353. The minimum atomic E-state index is -0.163. The number of aliphatic imine (C=N–C) groups is 1. The molecule has 3 N–H and O–H groups in total. The van der Waals surface area contributed by atoms with Gasteiger partial charge in [-0.25, -0.2) is 9.98 Å². The molecule has 1 heterocycles. The van der Waals surface area contributed by atoms with E-state index in [-0.39, 0.29) is 12.5 Å². The number of aromatic nitrogens is 1. The molecule has 0 saturated carbocycles. The number of guanidine groups is 1. The maximum Gasteiger partial charge on any atom is 0.246 e. The number of halogens is 1. The number of carbonyl (C=O) groups excluding carboxylic acids is 1. The third-order valence-electron chi connectivity index (χ3n) is 3.27. The van der Waals surface area contributed by atoms with Crippen molar-refractivity contribution in [1.82, 2.24) is 15.6 Å². The van der Waals surface area contributed by atoms with Crippen LogP contribution in [0.2, 0.25) is 0 Å². The van der Waals surface area contributed by atoms with Gasteiger partial charge in [0.25, 0.3) is 0 Å². The molecule has 2 rings (SSSR count). The summed E-state index contributed by atoms with van der Waals surface area (Å²) in [7, 11) is 0. The van der Waals surface area contributed by atoms with Gasteiger partial charge < -0.3 is 16.0 Å². The van der Waals surface area contributed by atoms with Crippen LogP contribution >= 0.6 is 27.3 Å². The summed E-state index contributed by atoms with van der Waals surface area (Å²) in [5.41, 5.74) is 1.79. The molecule has 0 unspecified atom stereocenters. The number of thiazole rings is 1. The van der Waals surface area contributed by atoms with Gasteiger partial charge in [-0.2, -0.15) is 0 Å². The first kappa shape index (κ1) is 19.4. The lowest BCUT2D eigenvalue weighted by molar-refractivity contribution is -0.114.